The predicted octanol–water partition coefficient (Wildman–Crippen LogP) is 2.22. The van der Waals surface area contributed by atoms with E-state index in [4.69, 9.17) is 14.3 Å². The maximum atomic E-state index is 12.2. The molecule has 0 fully saturated rings. The average molecular weight is 428 g/mol. The lowest BCUT2D eigenvalue weighted by Gasteiger charge is -2.07. The van der Waals surface area contributed by atoms with E-state index < -0.39 is 39.2 Å². The van der Waals surface area contributed by atoms with Gasteiger partial charge in [0.2, 0.25) is 10.9 Å². The fourth-order valence-corrected chi connectivity index (χ4v) is 2.86. The van der Waals surface area contributed by atoms with Crippen molar-refractivity contribution in [3.8, 4) is 0 Å². The van der Waals surface area contributed by atoms with E-state index in [0.717, 1.165) is 12.1 Å². The molecule has 0 aliphatic rings. The Kier molecular flexibility index (Phi) is 6.09. The largest absolute Gasteiger partial charge is 0.451 e. The number of carbonyl (C=O) groups is 3. The molecule has 0 aliphatic carbocycles. The summed E-state index contributed by atoms with van der Waals surface area (Å²) in [6, 6.07) is 16.8. The minimum absolute atomic E-state index is 0.255. The molecule has 30 heavy (non-hydrogen) atoms. The topological polar surface area (TPSA) is 146 Å². The Morgan fingerprint density at radius 3 is 2.17 bits per heavy atom. The van der Waals surface area contributed by atoms with Gasteiger partial charge in [0.25, 0.3) is 15.9 Å². The van der Waals surface area contributed by atoms with Crippen LogP contribution in [0.25, 0.3) is 0 Å². The molecule has 1 heterocycles. The van der Waals surface area contributed by atoms with Gasteiger partial charge < -0.3 is 14.5 Å². The molecular weight excluding hydrogens is 412 g/mol. The number of nitrogens with one attached hydrogen (secondary N) is 1. The summed E-state index contributed by atoms with van der Waals surface area (Å²) < 4.78 is 31.9. The van der Waals surface area contributed by atoms with Gasteiger partial charge in [0.05, 0.1) is 0 Å². The molecule has 0 saturated heterocycles. The second-order valence-electron chi connectivity index (χ2n) is 6.06. The van der Waals surface area contributed by atoms with Crippen molar-refractivity contribution in [2.45, 2.75) is 5.09 Å². The molecule has 1 aromatic heterocycles. The van der Waals surface area contributed by atoms with E-state index in [1.54, 1.807) is 42.5 Å². The summed E-state index contributed by atoms with van der Waals surface area (Å²) in [5.74, 6) is -2.20. The Morgan fingerprint density at radius 1 is 0.900 bits per heavy atom. The van der Waals surface area contributed by atoms with E-state index >= 15 is 0 Å². The highest BCUT2D eigenvalue weighted by molar-refractivity contribution is 7.89. The van der Waals surface area contributed by atoms with Crippen molar-refractivity contribution in [2.24, 2.45) is 5.14 Å². The lowest BCUT2D eigenvalue weighted by Crippen LogP contribution is -2.15. The second kappa shape index (κ2) is 8.72. The number of hydrogen-bond donors (Lipinski definition) is 2. The third-order valence-electron chi connectivity index (χ3n) is 3.90. The first-order valence-electron chi connectivity index (χ1n) is 8.53. The number of nitrogens with two attached hydrogens (primary N) is 1. The fraction of sp³-hybridized carbons (Fsp3) is 0.0500. The van der Waals surface area contributed by atoms with Gasteiger partial charge in [0.15, 0.2) is 12.4 Å². The van der Waals surface area contributed by atoms with E-state index in [-0.39, 0.29) is 11.5 Å². The molecule has 10 heteroatoms. The number of hydrogen-bond acceptors (Lipinski definition) is 7. The molecule has 2 aromatic carbocycles. The molecular formula is C20H16N2O7S. The van der Waals surface area contributed by atoms with Crippen LogP contribution in [0.5, 0.6) is 0 Å². The summed E-state index contributed by atoms with van der Waals surface area (Å²) >= 11 is 0. The van der Waals surface area contributed by atoms with Gasteiger partial charge in [0, 0.05) is 16.8 Å². The molecule has 0 unspecified atom stereocenters. The predicted molar refractivity (Wildman–Crippen MR) is 106 cm³/mol. The monoisotopic (exact) mass is 428 g/mol. The smallest absolute Gasteiger partial charge is 0.374 e. The summed E-state index contributed by atoms with van der Waals surface area (Å²) in [5, 5.41) is 7.00. The lowest BCUT2D eigenvalue weighted by molar-refractivity contribution is 0.0438. The zero-order valence-corrected chi connectivity index (χ0v) is 16.2. The third-order valence-corrected chi connectivity index (χ3v) is 4.68. The van der Waals surface area contributed by atoms with Crippen molar-refractivity contribution in [3.63, 3.8) is 0 Å². The van der Waals surface area contributed by atoms with Crippen molar-refractivity contribution >= 4 is 33.4 Å². The fourth-order valence-electron chi connectivity index (χ4n) is 2.40. The van der Waals surface area contributed by atoms with Crippen molar-refractivity contribution in [1.29, 1.82) is 0 Å². The summed E-state index contributed by atoms with van der Waals surface area (Å²) in [6.07, 6.45) is 0. The van der Waals surface area contributed by atoms with E-state index in [1.165, 1.54) is 12.1 Å². The third kappa shape index (κ3) is 5.19. The molecule has 0 bridgehead atoms. The number of ketones is 1. The summed E-state index contributed by atoms with van der Waals surface area (Å²) in [7, 11) is -4.09. The van der Waals surface area contributed by atoms with Crippen LogP contribution in [0.2, 0.25) is 0 Å². The van der Waals surface area contributed by atoms with Crippen LogP contribution in [-0.2, 0) is 14.8 Å². The van der Waals surface area contributed by atoms with Crippen molar-refractivity contribution < 1.29 is 32.0 Å². The Hall–Kier alpha value is -3.76. The van der Waals surface area contributed by atoms with Crippen LogP contribution in [0, 0.1) is 0 Å². The molecule has 0 spiro atoms. The maximum absolute atomic E-state index is 12.2. The quantitative estimate of drug-likeness (QED) is 0.433. The number of primary sulfonamides is 1. The molecule has 0 saturated carbocycles. The standard InChI is InChI=1S/C20H16N2O7S/c21-30(26,27)18-11-10-17(29-18)20(25)28-12-16(23)13-6-8-15(9-7-13)22-19(24)14-4-2-1-3-5-14/h1-11H,12H2,(H,22,24)(H2,21,26,27). The SMILES string of the molecule is NS(=O)(=O)c1ccc(C(=O)OCC(=O)c2ccc(NC(=O)c3ccccc3)cc2)o1. The van der Waals surface area contributed by atoms with Gasteiger partial charge in [-0.1, -0.05) is 18.2 Å². The van der Waals surface area contributed by atoms with Gasteiger partial charge in [-0.05, 0) is 48.5 Å². The Labute approximate surface area is 171 Å². The highest BCUT2D eigenvalue weighted by Gasteiger charge is 2.19. The molecule has 154 valence electrons. The van der Waals surface area contributed by atoms with Crippen LogP contribution >= 0.6 is 0 Å². The van der Waals surface area contributed by atoms with Crippen LogP contribution in [0.3, 0.4) is 0 Å². The van der Waals surface area contributed by atoms with E-state index in [1.807, 2.05) is 0 Å². The number of carbonyl (C=O) groups excluding carboxylic acids is 3. The van der Waals surface area contributed by atoms with Gasteiger partial charge >= 0.3 is 5.97 Å². The summed E-state index contributed by atoms with van der Waals surface area (Å²) in [6.45, 7) is -0.583. The van der Waals surface area contributed by atoms with E-state index in [0.29, 0.717) is 11.3 Å². The first kappa shape index (κ1) is 21.0. The molecule has 3 aromatic rings. The summed E-state index contributed by atoms with van der Waals surface area (Å²) in [4.78, 5) is 36.2. The van der Waals surface area contributed by atoms with Crippen molar-refractivity contribution in [1.82, 2.24) is 0 Å². The van der Waals surface area contributed by atoms with E-state index in [2.05, 4.69) is 5.32 Å². The number of anilines is 1. The number of ether oxygens (including phenoxy) is 1. The zero-order valence-electron chi connectivity index (χ0n) is 15.4. The van der Waals surface area contributed by atoms with Gasteiger partial charge in [-0.3, -0.25) is 9.59 Å². The van der Waals surface area contributed by atoms with Crippen LogP contribution < -0.4 is 10.5 Å². The zero-order chi connectivity index (χ0) is 21.7. The van der Waals surface area contributed by atoms with Gasteiger partial charge in [0.1, 0.15) is 0 Å². The minimum atomic E-state index is -4.09. The maximum Gasteiger partial charge on any atom is 0.374 e. The first-order valence-corrected chi connectivity index (χ1v) is 10.1. The molecule has 0 aliphatic heterocycles. The number of furan rings is 1. The number of esters is 1. The van der Waals surface area contributed by atoms with Crippen LogP contribution in [0.4, 0.5) is 5.69 Å². The highest BCUT2D eigenvalue weighted by atomic mass is 32.2. The molecule has 0 atom stereocenters. The number of amides is 1. The van der Waals surface area contributed by atoms with Crippen molar-refractivity contribution in [2.75, 3.05) is 11.9 Å². The molecule has 0 radical (unpaired) electrons. The molecule has 3 rings (SSSR count). The lowest BCUT2D eigenvalue weighted by atomic mass is 10.1. The number of sulfonamides is 1. The average Bonchev–Trinajstić information content (AvgIpc) is 3.24. The summed E-state index contributed by atoms with van der Waals surface area (Å²) in [5.41, 5.74) is 1.24. The number of benzene rings is 2. The number of Topliss-reactive ketones (excluding diaryl/α,β-unsaturated/α-hetero) is 1. The first-order chi connectivity index (χ1) is 14.2. The molecule has 9 nitrogen and oxygen atoms in total. The Balaban J connectivity index is 1.56. The second-order valence-corrected chi connectivity index (χ2v) is 7.55. The Bertz CT molecular complexity index is 1180. The van der Waals surface area contributed by atoms with Crippen molar-refractivity contribution in [3.05, 3.63) is 83.6 Å². The normalized spacial score (nSPS) is 11.0. The molecule has 3 N–H and O–H groups in total. The van der Waals surface area contributed by atoms with Gasteiger partial charge in [-0.25, -0.2) is 18.4 Å². The van der Waals surface area contributed by atoms with Crippen LogP contribution in [0.15, 0.2) is 76.2 Å². The van der Waals surface area contributed by atoms with Crippen LogP contribution in [0.1, 0.15) is 31.3 Å². The van der Waals surface area contributed by atoms with Crippen LogP contribution in [-0.4, -0.2) is 32.7 Å². The Morgan fingerprint density at radius 2 is 1.57 bits per heavy atom. The number of rotatable bonds is 7. The minimum Gasteiger partial charge on any atom is -0.451 e. The van der Waals surface area contributed by atoms with E-state index in [9.17, 15) is 22.8 Å². The van der Waals surface area contributed by atoms with Gasteiger partial charge in [-0.15, -0.1) is 0 Å². The highest BCUT2D eigenvalue weighted by Crippen LogP contribution is 2.15. The van der Waals surface area contributed by atoms with Gasteiger partial charge in [-0.2, -0.15) is 0 Å². The molecule has 1 amide bonds.